The predicted octanol–water partition coefficient (Wildman–Crippen LogP) is 9.56. The summed E-state index contributed by atoms with van der Waals surface area (Å²) in [7, 11) is 0. The van der Waals surface area contributed by atoms with Crippen molar-refractivity contribution in [3.63, 3.8) is 0 Å². The van der Waals surface area contributed by atoms with Gasteiger partial charge in [0.2, 0.25) is 11.5 Å². The van der Waals surface area contributed by atoms with Crippen LogP contribution in [0, 0.1) is 28.5 Å². The molecule has 0 atom stereocenters. The van der Waals surface area contributed by atoms with Crippen molar-refractivity contribution < 1.29 is 18.6 Å². The van der Waals surface area contributed by atoms with E-state index in [1.807, 2.05) is 6.07 Å². The first kappa shape index (κ1) is 25.4. The lowest BCUT2D eigenvalue weighted by atomic mass is 10.1. The molecule has 0 radical (unpaired) electrons. The van der Waals surface area contributed by atoms with Gasteiger partial charge >= 0.3 is 0 Å². The van der Waals surface area contributed by atoms with Crippen molar-refractivity contribution in [1.82, 2.24) is 0 Å². The number of hydrogen-bond acceptors (Lipinski definition) is 5. The Morgan fingerprint density at radius 2 is 1.14 bits per heavy atom. The van der Waals surface area contributed by atoms with E-state index in [9.17, 15) is 10.5 Å². The van der Waals surface area contributed by atoms with E-state index in [0.29, 0.717) is 0 Å². The van der Waals surface area contributed by atoms with Crippen molar-refractivity contribution in [3.8, 4) is 46.6 Å². The summed E-state index contributed by atoms with van der Waals surface area (Å²) >= 11 is 24.7. The molecule has 0 fully saturated rings. The van der Waals surface area contributed by atoms with E-state index >= 15 is 4.39 Å². The molecule has 4 aromatic rings. The van der Waals surface area contributed by atoms with Gasteiger partial charge in [-0.25, -0.2) is 4.39 Å². The second-order valence-corrected chi connectivity index (χ2v) is 8.73. The molecule has 178 valence electrons. The van der Waals surface area contributed by atoms with Crippen LogP contribution in [-0.4, -0.2) is 0 Å². The summed E-state index contributed by atoms with van der Waals surface area (Å²) in [5.41, 5.74) is -1.04. The van der Waals surface area contributed by atoms with E-state index in [1.54, 1.807) is 36.4 Å². The van der Waals surface area contributed by atoms with E-state index in [-0.39, 0.29) is 48.8 Å². The maximum Gasteiger partial charge on any atom is 0.217 e. The van der Waals surface area contributed by atoms with Crippen molar-refractivity contribution in [2.75, 3.05) is 0 Å². The summed E-state index contributed by atoms with van der Waals surface area (Å²) in [5.74, 6) is -2.19. The van der Waals surface area contributed by atoms with Gasteiger partial charge in [0.15, 0.2) is 11.6 Å². The zero-order chi connectivity index (χ0) is 25.8. The number of benzene rings is 4. The highest BCUT2D eigenvalue weighted by atomic mass is 35.5. The lowest BCUT2D eigenvalue weighted by molar-refractivity contribution is 0.369. The molecule has 0 N–H and O–H groups in total. The molecule has 10 heteroatoms. The minimum Gasteiger partial charge on any atom is -0.452 e. The molecule has 36 heavy (non-hydrogen) atoms. The first-order valence-corrected chi connectivity index (χ1v) is 11.5. The van der Waals surface area contributed by atoms with Crippen LogP contribution < -0.4 is 14.2 Å². The van der Waals surface area contributed by atoms with Gasteiger partial charge in [-0.15, -0.1) is 0 Å². The summed E-state index contributed by atoms with van der Waals surface area (Å²) < 4.78 is 33.4. The minimum atomic E-state index is -1.18. The lowest BCUT2D eigenvalue weighted by Crippen LogP contribution is -2.04. The van der Waals surface area contributed by atoms with Crippen LogP contribution in [0.3, 0.4) is 0 Å². The maximum atomic E-state index is 15.7. The molecule has 5 nitrogen and oxygen atoms in total. The van der Waals surface area contributed by atoms with Gasteiger partial charge in [0, 0.05) is 22.2 Å². The van der Waals surface area contributed by atoms with E-state index in [1.165, 1.54) is 36.4 Å². The van der Waals surface area contributed by atoms with Crippen LogP contribution in [0.1, 0.15) is 11.1 Å². The number of rotatable bonds is 6. The highest BCUT2D eigenvalue weighted by molar-refractivity contribution is 6.34. The van der Waals surface area contributed by atoms with Crippen LogP contribution >= 0.6 is 46.4 Å². The monoisotopic (exact) mass is 558 g/mol. The molecule has 4 rings (SSSR count). The van der Waals surface area contributed by atoms with Gasteiger partial charge in [-0.3, -0.25) is 0 Å². The highest BCUT2D eigenvalue weighted by Gasteiger charge is 2.31. The van der Waals surface area contributed by atoms with Crippen molar-refractivity contribution in [2.45, 2.75) is 0 Å². The second-order valence-electron chi connectivity index (χ2n) is 7.04. The molecule has 0 bridgehead atoms. The molecule has 0 saturated carbocycles. The van der Waals surface area contributed by atoms with Gasteiger partial charge in [0.1, 0.15) is 40.5 Å². The van der Waals surface area contributed by atoms with Gasteiger partial charge in [0.25, 0.3) is 0 Å². The summed E-state index contributed by atoms with van der Waals surface area (Å²) in [4.78, 5) is 0. The van der Waals surface area contributed by atoms with E-state index in [0.717, 1.165) is 0 Å². The zero-order valence-electron chi connectivity index (χ0n) is 17.9. The van der Waals surface area contributed by atoms with Crippen LogP contribution in [0.2, 0.25) is 20.1 Å². The van der Waals surface area contributed by atoms with E-state index in [4.69, 9.17) is 60.6 Å². The molecular weight excluding hydrogens is 549 g/mol. The Bertz CT molecular complexity index is 1550. The molecule has 0 aliphatic carbocycles. The van der Waals surface area contributed by atoms with Crippen molar-refractivity contribution >= 4 is 46.4 Å². The summed E-state index contributed by atoms with van der Waals surface area (Å²) in [5, 5.41) is 20.3. The third-order valence-corrected chi connectivity index (χ3v) is 5.80. The number of hydrogen-bond donors (Lipinski definition) is 0. The molecule has 0 heterocycles. The van der Waals surface area contributed by atoms with Gasteiger partial charge in [-0.2, -0.15) is 10.5 Å². The molecule has 0 aliphatic rings. The molecule has 0 saturated heterocycles. The van der Waals surface area contributed by atoms with Crippen LogP contribution in [0.25, 0.3) is 0 Å². The molecular formula is C26H11Cl4FN2O3. The van der Waals surface area contributed by atoms with Crippen molar-refractivity contribution in [2.24, 2.45) is 0 Å². The van der Waals surface area contributed by atoms with Crippen LogP contribution in [0.4, 0.5) is 4.39 Å². The van der Waals surface area contributed by atoms with E-state index < -0.39 is 22.7 Å². The normalized spacial score (nSPS) is 10.3. The van der Waals surface area contributed by atoms with Gasteiger partial charge < -0.3 is 14.2 Å². The average Bonchev–Trinajstić information content (AvgIpc) is 2.87. The number of ether oxygens (including phenoxy) is 3. The number of nitrogens with zero attached hydrogens (tertiary/aromatic N) is 2. The zero-order valence-corrected chi connectivity index (χ0v) is 20.9. The minimum absolute atomic E-state index is 0.0112. The van der Waals surface area contributed by atoms with Crippen molar-refractivity contribution in [1.29, 1.82) is 10.5 Å². The Labute approximate surface area is 225 Å². The quantitative estimate of drug-likeness (QED) is 0.235. The van der Waals surface area contributed by atoms with Gasteiger partial charge in [-0.05, 0) is 36.4 Å². The summed E-state index contributed by atoms with van der Waals surface area (Å²) in [6.45, 7) is 0. The molecule has 4 aromatic carbocycles. The Morgan fingerprint density at radius 1 is 0.611 bits per heavy atom. The third kappa shape index (κ3) is 5.28. The smallest absolute Gasteiger partial charge is 0.217 e. The number of halogens is 5. The van der Waals surface area contributed by atoms with Crippen LogP contribution in [0.5, 0.6) is 34.5 Å². The maximum absolute atomic E-state index is 15.7. The molecule has 0 aromatic heterocycles. The van der Waals surface area contributed by atoms with Crippen LogP contribution in [-0.2, 0) is 0 Å². The topological polar surface area (TPSA) is 75.3 Å². The number of nitriles is 2. The third-order valence-electron chi connectivity index (χ3n) is 4.71. The SMILES string of the molecule is N#Cc1c(F)c(Oc2cc(Cl)ccc2Cl)c(Oc2cc(Cl)ccc2Cl)c(Oc2ccccc2)c1C#N. The highest BCUT2D eigenvalue weighted by Crippen LogP contribution is 2.51. The Morgan fingerprint density at radius 3 is 1.67 bits per heavy atom. The fourth-order valence-corrected chi connectivity index (χ4v) is 3.72. The summed E-state index contributed by atoms with van der Waals surface area (Å²) in [6.07, 6.45) is 0. The lowest BCUT2D eigenvalue weighted by Gasteiger charge is -2.20. The summed E-state index contributed by atoms with van der Waals surface area (Å²) in [6, 6.07) is 20.5. The standard InChI is InChI=1S/C26H11Cl4FN2O3/c27-14-6-8-19(29)21(10-14)35-25-23(31)17(12-32)18(13-33)24(34-16-4-2-1-3-5-16)26(25)36-22-11-15(28)7-9-20(22)30/h1-11H. The molecule has 0 spiro atoms. The fraction of sp³-hybridized carbons (Fsp3) is 0. The Kier molecular flexibility index (Phi) is 7.74. The van der Waals surface area contributed by atoms with Crippen molar-refractivity contribution in [3.05, 3.63) is 104 Å². The average molecular weight is 560 g/mol. The Hall–Kier alpha value is -3.65. The first-order chi connectivity index (χ1) is 17.3. The molecule has 0 aliphatic heterocycles. The fourth-order valence-electron chi connectivity index (χ4n) is 3.08. The predicted molar refractivity (Wildman–Crippen MR) is 135 cm³/mol. The van der Waals surface area contributed by atoms with Gasteiger partial charge in [-0.1, -0.05) is 64.6 Å². The van der Waals surface area contributed by atoms with Crippen LogP contribution in [0.15, 0.2) is 66.7 Å². The molecule has 0 unspecified atom stereocenters. The number of para-hydroxylation sites is 1. The first-order valence-electron chi connectivity index (χ1n) is 10.0. The largest absolute Gasteiger partial charge is 0.452 e. The van der Waals surface area contributed by atoms with E-state index in [2.05, 4.69) is 0 Å². The molecule has 0 amide bonds. The van der Waals surface area contributed by atoms with Gasteiger partial charge in [0.05, 0.1) is 10.0 Å². The Balaban J connectivity index is 2.02. The second kappa shape index (κ2) is 11.0.